The van der Waals surface area contributed by atoms with Crippen LogP contribution in [0.5, 0.6) is 0 Å². The van der Waals surface area contributed by atoms with Crippen LogP contribution in [0.1, 0.15) is 6.42 Å². The Morgan fingerprint density at radius 1 is 1.56 bits per heavy atom. The second-order valence-electron chi connectivity index (χ2n) is 2.06. The molecule has 0 spiro atoms. The highest BCUT2D eigenvalue weighted by atomic mass is 16.3. The summed E-state index contributed by atoms with van der Waals surface area (Å²) in [5, 5.41) is 17.6. The Kier molecular flexibility index (Phi) is 1.44. The molecule has 1 unspecified atom stereocenters. The molecule has 1 aliphatic carbocycles. The Balaban J connectivity index is 2.75. The second-order valence-corrected chi connectivity index (χ2v) is 2.06. The molecule has 3 nitrogen and oxygen atoms in total. The van der Waals surface area contributed by atoms with Crippen molar-refractivity contribution in [1.82, 2.24) is 0 Å². The highest BCUT2D eigenvalue weighted by Crippen LogP contribution is 2.12. The molecule has 3 heteroatoms. The van der Waals surface area contributed by atoms with Crippen molar-refractivity contribution in [3.8, 4) is 0 Å². The molecule has 50 valence electrons. The standard InChI is InChI=1S/C6H9NO2/c7-4-1-2-5(8)6(9)3-4/h1-2,4,8-9H,3,7H2. The van der Waals surface area contributed by atoms with Crippen LogP contribution in [0.25, 0.3) is 0 Å². The zero-order chi connectivity index (χ0) is 6.85. The molecule has 0 radical (unpaired) electrons. The molecule has 0 fully saturated rings. The lowest BCUT2D eigenvalue weighted by molar-refractivity contribution is 0.314. The van der Waals surface area contributed by atoms with Gasteiger partial charge in [-0.3, -0.25) is 0 Å². The number of rotatable bonds is 0. The van der Waals surface area contributed by atoms with Crippen molar-refractivity contribution < 1.29 is 10.2 Å². The summed E-state index contributed by atoms with van der Waals surface area (Å²) in [7, 11) is 0. The number of hydrogen-bond acceptors (Lipinski definition) is 3. The van der Waals surface area contributed by atoms with Crippen molar-refractivity contribution in [1.29, 1.82) is 0 Å². The van der Waals surface area contributed by atoms with Crippen LogP contribution in [0.4, 0.5) is 0 Å². The van der Waals surface area contributed by atoms with Crippen LogP contribution in [-0.2, 0) is 0 Å². The van der Waals surface area contributed by atoms with E-state index in [1.165, 1.54) is 6.08 Å². The zero-order valence-corrected chi connectivity index (χ0v) is 4.91. The lowest BCUT2D eigenvalue weighted by Gasteiger charge is -2.10. The largest absolute Gasteiger partial charge is 0.508 e. The number of nitrogens with two attached hydrogens (primary N) is 1. The van der Waals surface area contributed by atoms with Gasteiger partial charge in [0.05, 0.1) is 0 Å². The van der Waals surface area contributed by atoms with Gasteiger partial charge < -0.3 is 15.9 Å². The summed E-state index contributed by atoms with van der Waals surface area (Å²) in [6, 6.07) is -0.152. The van der Waals surface area contributed by atoms with Gasteiger partial charge in [-0.25, -0.2) is 0 Å². The monoisotopic (exact) mass is 127 g/mol. The summed E-state index contributed by atoms with van der Waals surface area (Å²) < 4.78 is 0. The van der Waals surface area contributed by atoms with E-state index >= 15 is 0 Å². The lowest BCUT2D eigenvalue weighted by atomic mass is 10.1. The molecule has 0 aliphatic heterocycles. The van der Waals surface area contributed by atoms with E-state index in [1.54, 1.807) is 6.08 Å². The first-order valence-corrected chi connectivity index (χ1v) is 2.75. The Bertz CT molecular complexity index is 172. The first-order chi connectivity index (χ1) is 4.20. The van der Waals surface area contributed by atoms with Gasteiger partial charge >= 0.3 is 0 Å². The summed E-state index contributed by atoms with van der Waals surface area (Å²) in [6.45, 7) is 0. The molecule has 0 saturated heterocycles. The van der Waals surface area contributed by atoms with Crippen LogP contribution in [-0.4, -0.2) is 16.3 Å². The van der Waals surface area contributed by atoms with Crippen molar-refractivity contribution in [3.63, 3.8) is 0 Å². The molecule has 0 bridgehead atoms. The average molecular weight is 127 g/mol. The van der Waals surface area contributed by atoms with E-state index in [2.05, 4.69) is 0 Å². The van der Waals surface area contributed by atoms with E-state index in [0.717, 1.165) is 0 Å². The Labute approximate surface area is 53.1 Å². The molecule has 0 amide bonds. The molecule has 0 heterocycles. The second kappa shape index (κ2) is 2.11. The number of allylic oxidation sites excluding steroid dienone is 1. The molecule has 1 atom stereocenters. The fourth-order valence-corrected chi connectivity index (χ4v) is 0.707. The highest BCUT2D eigenvalue weighted by Gasteiger charge is 2.10. The summed E-state index contributed by atoms with van der Waals surface area (Å²) in [5.74, 6) is -0.0956. The fourth-order valence-electron chi connectivity index (χ4n) is 0.707. The zero-order valence-electron chi connectivity index (χ0n) is 4.91. The van der Waals surface area contributed by atoms with Crippen LogP contribution in [0.2, 0.25) is 0 Å². The van der Waals surface area contributed by atoms with Crippen LogP contribution >= 0.6 is 0 Å². The first kappa shape index (κ1) is 6.16. The Morgan fingerprint density at radius 2 is 2.22 bits per heavy atom. The summed E-state index contributed by atoms with van der Waals surface area (Å²) in [4.78, 5) is 0. The highest BCUT2D eigenvalue weighted by molar-refractivity contribution is 5.22. The Morgan fingerprint density at radius 3 is 2.67 bits per heavy atom. The topological polar surface area (TPSA) is 66.5 Å². The van der Waals surface area contributed by atoms with Gasteiger partial charge in [-0.05, 0) is 6.08 Å². The van der Waals surface area contributed by atoms with Gasteiger partial charge in [-0.2, -0.15) is 0 Å². The molecule has 4 N–H and O–H groups in total. The predicted molar refractivity (Wildman–Crippen MR) is 34.0 cm³/mol. The number of hydrogen-bond donors (Lipinski definition) is 3. The maximum Gasteiger partial charge on any atom is 0.152 e. The maximum atomic E-state index is 8.85. The summed E-state index contributed by atoms with van der Waals surface area (Å²) in [6.07, 6.45) is 3.39. The third kappa shape index (κ3) is 1.23. The van der Waals surface area contributed by atoms with Gasteiger partial charge in [0.15, 0.2) is 5.76 Å². The molecular formula is C6H9NO2. The summed E-state index contributed by atoms with van der Waals surface area (Å²) in [5.41, 5.74) is 5.40. The first-order valence-electron chi connectivity index (χ1n) is 2.75. The van der Waals surface area contributed by atoms with E-state index in [4.69, 9.17) is 15.9 Å². The average Bonchev–Trinajstić information content (AvgIpc) is 1.80. The number of aliphatic hydroxyl groups excluding tert-OH is 2. The molecule has 1 aliphatic rings. The van der Waals surface area contributed by atoms with Gasteiger partial charge in [0.25, 0.3) is 0 Å². The van der Waals surface area contributed by atoms with Crippen LogP contribution in [0.3, 0.4) is 0 Å². The number of aliphatic hydroxyl groups is 2. The van der Waals surface area contributed by atoms with Crippen LogP contribution < -0.4 is 5.73 Å². The van der Waals surface area contributed by atoms with Gasteiger partial charge in [-0.1, -0.05) is 6.08 Å². The smallest absolute Gasteiger partial charge is 0.152 e. The van der Waals surface area contributed by atoms with E-state index < -0.39 is 0 Å². The van der Waals surface area contributed by atoms with Gasteiger partial charge in [0.1, 0.15) is 5.76 Å². The van der Waals surface area contributed by atoms with Crippen molar-refractivity contribution >= 4 is 0 Å². The van der Waals surface area contributed by atoms with Crippen molar-refractivity contribution in [2.75, 3.05) is 0 Å². The third-order valence-electron chi connectivity index (χ3n) is 1.23. The molecule has 9 heavy (non-hydrogen) atoms. The molecule has 1 rings (SSSR count). The van der Waals surface area contributed by atoms with E-state index in [-0.39, 0.29) is 17.6 Å². The Hall–Kier alpha value is -0.960. The normalized spacial score (nSPS) is 27.0. The maximum absolute atomic E-state index is 8.85. The van der Waals surface area contributed by atoms with Gasteiger partial charge in [0.2, 0.25) is 0 Å². The quantitative estimate of drug-likeness (QED) is 0.446. The third-order valence-corrected chi connectivity index (χ3v) is 1.23. The molecular weight excluding hydrogens is 118 g/mol. The predicted octanol–water partition coefficient (Wildman–Crippen LogP) is 0.601. The minimum absolute atomic E-state index is 0.0231. The minimum Gasteiger partial charge on any atom is -0.508 e. The van der Waals surface area contributed by atoms with Crippen molar-refractivity contribution in [3.05, 3.63) is 23.7 Å². The van der Waals surface area contributed by atoms with E-state index in [9.17, 15) is 0 Å². The SMILES string of the molecule is NC1C=CC(O)=C(O)C1. The van der Waals surface area contributed by atoms with Gasteiger partial charge in [0, 0.05) is 12.5 Å². The minimum atomic E-state index is -0.152. The fraction of sp³-hybridized carbons (Fsp3) is 0.333. The van der Waals surface area contributed by atoms with Crippen LogP contribution in [0.15, 0.2) is 23.7 Å². The lowest BCUT2D eigenvalue weighted by Crippen LogP contribution is -2.20. The van der Waals surface area contributed by atoms with Gasteiger partial charge in [-0.15, -0.1) is 0 Å². The van der Waals surface area contributed by atoms with E-state index in [0.29, 0.717) is 6.42 Å². The molecule has 0 aromatic rings. The van der Waals surface area contributed by atoms with Crippen molar-refractivity contribution in [2.24, 2.45) is 5.73 Å². The summed E-state index contributed by atoms with van der Waals surface area (Å²) >= 11 is 0. The molecule has 0 aromatic carbocycles. The molecule has 0 saturated carbocycles. The van der Waals surface area contributed by atoms with E-state index in [1.807, 2.05) is 0 Å². The van der Waals surface area contributed by atoms with Crippen molar-refractivity contribution in [2.45, 2.75) is 12.5 Å². The van der Waals surface area contributed by atoms with Crippen LogP contribution in [0, 0.1) is 0 Å². The molecule has 0 aromatic heterocycles.